The van der Waals surface area contributed by atoms with Gasteiger partial charge in [-0.05, 0) is 12.8 Å². The fourth-order valence-electron chi connectivity index (χ4n) is 3.02. The lowest BCUT2D eigenvalue weighted by molar-refractivity contribution is -0.134. The molecule has 2 fully saturated rings. The zero-order valence-electron chi connectivity index (χ0n) is 12.3. The number of rotatable bonds is 3. The Labute approximate surface area is 125 Å². The zero-order chi connectivity index (χ0) is 14.5. The predicted octanol–water partition coefficient (Wildman–Crippen LogP) is 0.515. The highest BCUT2D eigenvalue weighted by molar-refractivity contribution is 5.78. The van der Waals surface area contributed by atoms with Gasteiger partial charge in [0.2, 0.25) is 5.91 Å². The van der Waals surface area contributed by atoms with Crippen molar-refractivity contribution in [3.63, 3.8) is 0 Å². The van der Waals surface area contributed by atoms with Gasteiger partial charge in [0.05, 0.1) is 25.5 Å². The molecule has 21 heavy (non-hydrogen) atoms. The van der Waals surface area contributed by atoms with Crippen LogP contribution < -0.4 is 0 Å². The molecule has 1 aromatic heterocycles. The van der Waals surface area contributed by atoms with E-state index < -0.39 is 0 Å². The van der Waals surface area contributed by atoms with Crippen LogP contribution in [-0.2, 0) is 9.53 Å². The van der Waals surface area contributed by atoms with Gasteiger partial charge in [-0.15, -0.1) is 0 Å². The van der Waals surface area contributed by atoms with Crippen molar-refractivity contribution in [3.05, 3.63) is 24.3 Å². The summed E-state index contributed by atoms with van der Waals surface area (Å²) in [5.74, 6) is 0.548. The van der Waals surface area contributed by atoms with E-state index in [9.17, 15) is 4.79 Å². The molecule has 2 aliphatic rings. The molecule has 0 aliphatic carbocycles. The number of nitrogens with zero attached hydrogens (tertiary/aromatic N) is 4. The molecule has 0 bridgehead atoms. The van der Waals surface area contributed by atoms with Crippen molar-refractivity contribution in [2.45, 2.75) is 18.8 Å². The van der Waals surface area contributed by atoms with Gasteiger partial charge in [0, 0.05) is 50.7 Å². The van der Waals surface area contributed by atoms with E-state index in [-0.39, 0.29) is 5.91 Å². The van der Waals surface area contributed by atoms with Crippen molar-refractivity contribution in [1.29, 1.82) is 0 Å². The number of hydrogen-bond donors (Lipinski definition) is 0. The third-order valence-corrected chi connectivity index (χ3v) is 4.24. The molecule has 0 radical (unpaired) electrons. The van der Waals surface area contributed by atoms with Gasteiger partial charge in [0.25, 0.3) is 0 Å². The fraction of sp³-hybridized carbons (Fsp3) is 0.667. The Bertz CT molecular complexity index is 462. The van der Waals surface area contributed by atoms with E-state index in [1.165, 1.54) is 0 Å². The van der Waals surface area contributed by atoms with Crippen molar-refractivity contribution < 1.29 is 9.53 Å². The van der Waals surface area contributed by atoms with Gasteiger partial charge in [-0.3, -0.25) is 19.7 Å². The van der Waals surface area contributed by atoms with Crippen LogP contribution in [0.3, 0.4) is 0 Å². The Morgan fingerprint density at radius 3 is 2.90 bits per heavy atom. The van der Waals surface area contributed by atoms with Crippen LogP contribution >= 0.6 is 0 Å². The molecule has 2 saturated heterocycles. The van der Waals surface area contributed by atoms with E-state index >= 15 is 0 Å². The number of morpholine rings is 1. The first kappa shape index (κ1) is 14.4. The van der Waals surface area contributed by atoms with Crippen molar-refractivity contribution in [2.75, 3.05) is 45.9 Å². The van der Waals surface area contributed by atoms with Crippen molar-refractivity contribution in [3.8, 4) is 0 Å². The van der Waals surface area contributed by atoms with E-state index in [1.54, 1.807) is 12.4 Å². The molecule has 1 aromatic rings. The number of ether oxygens (including phenoxy) is 1. The maximum Gasteiger partial charge on any atom is 0.236 e. The van der Waals surface area contributed by atoms with Gasteiger partial charge < -0.3 is 9.64 Å². The fourth-order valence-corrected chi connectivity index (χ4v) is 3.02. The highest BCUT2D eigenvalue weighted by Gasteiger charge is 2.26. The first-order valence-electron chi connectivity index (χ1n) is 7.67. The number of likely N-dealkylation sites (tertiary alicyclic amines) is 1. The van der Waals surface area contributed by atoms with E-state index in [4.69, 9.17) is 4.74 Å². The van der Waals surface area contributed by atoms with Crippen LogP contribution in [0.15, 0.2) is 18.6 Å². The third-order valence-electron chi connectivity index (χ3n) is 4.24. The Morgan fingerprint density at radius 2 is 2.14 bits per heavy atom. The van der Waals surface area contributed by atoms with E-state index in [0.29, 0.717) is 12.5 Å². The summed E-state index contributed by atoms with van der Waals surface area (Å²) in [6.45, 7) is 5.31. The van der Waals surface area contributed by atoms with E-state index in [2.05, 4.69) is 14.9 Å². The number of aromatic nitrogens is 2. The van der Waals surface area contributed by atoms with E-state index in [0.717, 1.165) is 57.9 Å². The molecule has 6 nitrogen and oxygen atoms in total. The summed E-state index contributed by atoms with van der Waals surface area (Å²) in [5.41, 5.74) is 1.00. The smallest absolute Gasteiger partial charge is 0.236 e. The first-order chi connectivity index (χ1) is 10.3. The number of piperidine rings is 1. The van der Waals surface area contributed by atoms with Gasteiger partial charge in [0.15, 0.2) is 0 Å². The van der Waals surface area contributed by atoms with Crippen LogP contribution in [0.1, 0.15) is 24.5 Å². The van der Waals surface area contributed by atoms with Gasteiger partial charge >= 0.3 is 0 Å². The second-order valence-electron chi connectivity index (χ2n) is 5.70. The second kappa shape index (κ2) is 6.95. The Balaban J connectivity index is 1.56. The number of carbonyl (C=O) groups is 1. The molecule has 0 N–H and O–H groups in total. The largest absolute Gasteiger partial charge is 0.379 e. The van der Waals surface area contributed by atoms with Gasteiger partial charge in [-0.2, -0.15) is 0 Å². The minimum Gasteiger partial charge on any atom is -0.379 e. The summed E-state index contributed by atoms with van der Waals surface area (Å²) < 4.78 is 5.32. The quantitative estimate of drug-likeness (QED) is 0.812. The molecular formula is C15H22N4O2. The maximum atomic E-state index is 12.5. The molecular weight excluding hydrogens is 268 g/mol. The summed E-state index contributed by atoms with van der Waals surface area (Å²) >= 11 is 0. The van der Waals surface area contributed by atoms with Crippen LogP contribution in [0.2, 0.25) is 0 Å². The standard InChI is InChI=1S/C15H22N4O2/c20-15(12-18-6-8-21-9-7-18)19-5-1-2-13(11-19)14-10-16-3-4-17-14/h3-4,10,13H,1-2,5-9,11-12H2/t13-/m1/s1. The molecule has 0 unspecified atom stereocenters. The molecule has 6 heteroatoms. The Morgan fingerprint density at radius 1 is 1.29 bits per heavy atom. The SMILES string of the molecule is O=C(CN1CCOCC1)N1CCC[C@@H](c2cnccn2)C1. The normalized spacial score (nSPS) is 24.0. The van der Waals surface area contributed by atoms with Gasteiger partial charge in [-0.1, -0.05) is 0 Å². The number of hydrogen-bond acceptors (Lipinski definition) is 5. The molecule has 0 spiro atoms. The maximum absolute atomic E-state index is 12.5. The first-order valence-corrected chi connectivity index (χ1v) is 7.67. The molecule has 0 saturated carbocycles. The average Bonchev–Trinajstić information content (AvgIpc) is 2.57. The molecule has 0 aromatic carbocycles. The molecule has 3 heterocycles. The van der Waals surface area contributed by atoms with E-state index in [1.807, 2.05) is 11.1 Å². The lowest BCUT2D eigenvalue weighted by Gasteiger charge is -2.34. The van der Waals surface area contributed by atoms with Crippen LogP contribution in [0.4, 0.5) is 0 Å². The molecule has 1 amide bonds. The topological polar surface area (TPSA) is 58.6 Å². The minimum atomic E-state index is 0.227. The summed E-state index contributed by atoms with van der Waals surface area (Å²) in [7, 11) is 0. The summed E-state index contributed by atoms with van der Waals surface area (Å²) in [6, 6.07) is 0. The highest BCUT2D eigenvalue weighted by Crippen LogP contribution is 2.24. The number of carbonyl (C=O) groups excluding carboxylic acids is 1. The molecule has 2 aliphatic heterocycles. The van der Waals surface area contributed by atoms with Crippen LogP contribution in [0, 0.1) is 0 Å². The molecule has 3 rings (SSSR count). The lowest BCUT2D eigenvalue weighted by atomic mass is 9.95. The van der Waals surface area contributed by atoms with Gasteiger partial charge in [-0.25, -0.2) is 0 Å². The monoisotopic (exact) mass is 290 g/mol. The van der Waals surface area contributed by atoms with Crippen LogP contribution in [0.25, 0.3) is 0 Å². The van der Waals surface area contributed by atoms with Crippen molar-refractivity contribution in [1.82, 2.24) is 19.8 Å². The van der Waals surface area contributed by atoms with Crippen LogP contribution in [-0.4, -0.2) is 71.6 Å². The average molecular weight is 290 g/mol. The summed E-state index contributed by atoms with van der Waals surface area (Å²) in [6.07, 6.45) is 7.36. The second-order valence-corrected chi connectivity index (χ2v) is 5.70. The van der Waals surface area contributed by atoms with Crippen LogP contribution in [0.5, 0.6) is 0 Å². The summed E-state index contributed by atoms with van der Waals surface area (Å²) in [4.78, 5) is 25.1. The zero-order valence-corrected chi connectivity index (χ0v) is 12.3. The number of amides is 1. The van der Waals surface area contributed by atoms with Crippen molar-refractivity contribution in [2.24, 2.45) is 0 Å². The minimum absolute atomic E-state index is 0.227. The van der Waals surface area contributed by atoms with Crippen molar-refractivity contribution >= 4 is 5.91 Å². The lowest BCUT2D eigenvalue weighted by Crippen LogP contribution is -2.47. The molecule has 114 valence electrons. The summed E-state index contributed by atoms with van der Waals surface area (Å²) in [5, 5.41) is 0. The third kappa shape index (κ3) is 3.77. The highest BCUT2D eigenvalue weighted by atomic mass is 16.5. The molecule has 1 atom stereocenters. The Hall–Kier alpha value is -1.53. The van der Waals surface area contributed by atoms with Gasteiger partial charge in [0.1, 0.15) is 0 Å². The predicted molar refractivity (Wildman–Crippen MR) is 77.8 cm³/mol. The Kier molecular flexibility index (Phi) is 4.77.